The van der Waals surface area contributed by atoms with Gasteiger partial charge in [0.1, 0.15) is 0 Å². The molecule has 0 fully saturated rings. The number of anilines is 1. The lowest BCUT2D eigenvalue weighted by atomic mass is 10.3. The van der Waals surface area contributed by atoms with Gasteiger partial charge in [-0.25, -0.2) is 0 Å². The molecule has 0 aliphatic carbocycles. The third kappa shape index (κ3) is 4.67. The zero-order valence-electron chi connectivity index (χ0n) is 9.18. The van der Waals surface area contributed by atoms with E-state index in [1.54, 1.807) is 6.07 Å². The van der Waals surface area contributed by atoms with Crippen LogP contribution in [0.25, 0.3) is 0 Å². The third-order valence-electron chi connectivity index (χ3n) is 1.88. The van der Waals surface area contributed by atoms with Crippen molar-refractivity contribution in [3.8, 4) is 0 Å². The van der Waals surface area contributed by atoms with Gasteiger partial charge in [-0.15, -0.1) is 0 Å². The molecule has 0 radical (unpaired) electrons. The molecule has 0 saturated heterocycles. The van der Waals surface area contributed by atoms with Crippen LogP contribution in [0.1, 0.15) is 13.8 Å². The first kappa shape index (κ1) is 13.7. The summed E-state index contributed by atoms with van der Waals surface area (Å²) < 4.78 is 1.04. The lowest BCUT2D eigenvalue weighted by molar-refractivity contribution is -0.115. The molecular weight excluding hydrogens is 338 g/mol. The van der Waals surface area contributed by atoms with Crippen LogP contribution in [-0.4, -0.2) is 18.5 Å². The molecule has 16 heavy (non-hydrogen) atoms. The maximum atomic E-state index is 11.5. The Morgan fingerprint density at radius 3 is 2.75 bits per heavy atom. The second kappa shape index (κ2) is 6.42. The van der Waals surface area contributed by atoms with Gasteiger partial charge in [0.25, 0.3) is 0 Å². The first-order valence-electron chi connectivity index (χ1n) is 4.97. The molecule has 1 aromatic rings. The zero-order chi connectivity index (χ0) is 12.1. The van der Waals surface area contributed by atoms with Crippen molar-refractivity contribution in [3.05, 3.63) is 26.8 Å². The standard InChI is InChI=1S/C11H14ClIN2O/c1-7(2)14-6-11(16)15-10-4-3-8(13)5-9(10)12/h3-5,7,14H,6H2,1-2H3,(H,15,16). The van der Waals surface area contributed by atoms with Crippen LogP contribution in [0.3, 0.4) is 0 Å². The SMILES string of the molecule is CC(C)NCC(=O)Nc1ccc(I)cc1Cl. The Labute approximate surface area is 114 Å². The molecule has 88 valence electrons. The van der Waals surface area contributed by atoms with Crippen molar-refractivity contribution in [1.29, 1.82) is 0 Å². The van der Waals surface area contributed by atoms with E-state index in [-0.39, 0.29) is 11.9 Å². The molecule has 0 unspecified atom stereocenters. The van der Waals surface area contributed by atoms with Crippen LogP contribution in [0.5, 0.6) is 0 Å². The number of carbonyl (C=O) groups excluding carboxylic acids is 1. The fraction of sp³-hybridized carbons (Fsp3) is 0.364. The quantitative estimate of drug-likeness (QED) is 0.818. The minimum Gasteiger partial charge on any atom is -0.324 e. The predicted molar refractivity (Wildman–Crippen MR) is 75.9 cm³/mol. The molecule has 5 heteroatoms. The number of halogens is 2. The van der Waals surface area contributed by atoms with Crippen LogP contribution < -0.4 is 10.6 Å². The summed E-state index contributed by atoms with van der Waals surface area (Å²) in [6, 6.07) is 5.81. The molecule has 0 atom stereocenters. The van der Waals surface area contributed by atoms with Crippen molar-refractivity contribution in [2.75, 3.05) is 11.9 Å². The molecule has 0 spiro atoms. The summed E-state index contributed by atoms with van der Waals surface area (Å²) in [5.74, 6) is -0.0863. The third-order valence-corrected chi connectivity index (χ3v) is 2.86. The van der Waals surface area contributed by atoms with E-state index in [1.165, 1.54) is 0 Å². The van der Waals surface area contributed by atoms with Crippen LogP contribution in [-0.2, 0) is 4.79 Å². The maximum Gasteiger partial charge on any atom is 0.238 e. The molecule has 1 rings (SSSR count). The number of amides is 1. The average molecular weight is 353 g/mol. The summed E-state index contributed by atoms with van der Waals surface area (Å²) in [6.45, 7) is 4.27. The van der Waals surface area contributed by atoms with Crippen LogP contribution in [0.15, 0.2) is 18.2 Å². The maximum absolute atomic E-state index is 11.5. The highest BCUT2D eigenvalue weighted by Gasteiger charge is 2.06. The largest absolute Gasteiger partial charge is 0.324 e. The van der Waals surface area contributed by atoms with Crippen molar-refractivity contribution < 1.29 is 4.79 Å². The molecule has 0 heterocycles. The fourth-order valence-electron chi connectivity index (χ4n) is 1.08. The highest BCUT2D eigenvalue weighted by Crippen LogP contribution is 2.23. The summed E-state index contributed by atoms with van der Waals surface area (Å²) in [7, 11) is 0. The van der Waals surface area contributed by atoms with Crippen molar-refractivity contribution in [1.82, 2.24) is 5.32 Å². The van der Waals surface area contributed by atoms with Crippen molar-refractivity contribution >= 4 is 45.8 Å². The van der Waals surface area contributed by atoms with Gasteiger partial charge in [-0.05, 0) is 40.8 Å². The first-order chi connectivity index (χ1) is 7.49. The van der Waals surface area contributed by atoms with Crippen molar-refractivity contribution in [3.63, 3.8) is 0 Å². The number of nitrogens with one attached hydrogen (secondary N) is 2. The second-order valence-corrected chi connectivity index (χ2v) is 5.36. The smallest absolute Gasteiger partial charge is 0.238 e. The van der Waals surface area contributed by atoms with Crippen molar-refractivity contribution in [2.24, 2.45) is 0 Å². The van der Waals surface area contributed by atoms with E-state index in [9.17, 15) is 4.79 Å². The highest BCUT2D eigenvalue weighted by molar-refractivity contribution is 14.1. The summed E-state index contributed by atoms with van der Waals surface area (Å²) >= 11 is 8.17. The van der Waals surface area contributed by atoms with E-state index in [2.05, 4.69) is 33.2 Å². The number of hydrogen-bond donors (Lipinski definition) is 2. The van der Waals surface area contributed by atoms with E-state index >= 15 is 0 Å². The molecule has 0 aliphatic rings. The number of hydrogen-bond acceptors (Lipinski definition) is 2. The number of benzene rings is 1. The zero-order valence-corrected chi connectivity index (χ0v) is 12.1. The van der Waals surface area contributed by atoms with E-state index in [0.29, 0.717) is 17.3 Å². The van der Waals surface area contributed by atoms with E-state index < -0.39 is 0 Å². The minimum atomic E-state index is -0.0863. The Balaban J connectivity index is 2.56. The molecule has 0 bridgehead atoms. The molecule has 2 N–H and O–H groups in total. The van der Waals surface area contributed by atoms with Gasteiger partial charge in [0.2, 0.25) is 5.91 Å². The van der Waals surface area contributed by atoms with Gasteiger partial charge in [0.05, 0.1) is 17.3 Å². The minimum absolute atomic E-state index is 0.0863. The molecular formula is C11H14ClIN2O. The lowest BCUT2D eigenvalue weighted by Gasteiger charge is -2.10. The first-order valence-corrected chi connectivity index (χ1v) is 6.43. The lowest BCUT2D eigenvalue weighted by Crippen LogP contribution is -2.32. The van der Waals surface area contributed by atoms with E-state index in [1.807, 2.05) is 26.0 Å². The van der Waals surface area contributed by atoms with Gasteiger partial charge in [-0.2, -0.15) is 0 Å². The van der Waals surface area contributed by atoms with Gasteiger partial charge in [-0.1, -0.05) is 25.4 Å². The van der Waals surface area contributed by atoms with Gasteiger partial charge in [0, 0.05) is 9.61 Å². The number of carbonyl (C=O) groups is 1. The van der Waals surface area contributed by atoms with Crippen LogP contribution in [0.4, 0.5) is 5.69 Å². The second-order valence-electron chi connectivity index (χ2n) is 3.71. The Hall–Kier alpha value is -0.330. The molecule has 1 aromatic carbocycles. The van der Waals surface area contributed by atoms with E-state index in [4.69, 9.17) is 11.6 Å². The molecule has 0 aliphatic heterocycles. The van der Waals surface area contributed by atoms with Gasteiger partial charge in [-0.3, -0.25) is 4.79 Å². The Morgan fingerprint density at radius 1 is 1.50 bits per heavy atom. The number of rotatable bonds is 4. The molecule has 1 amide bonds. The summed E-state index contributed by atoms with van der Waals surface area (Å²) in [4.78, 5) is 11.5. The molecule has 0 aromatic heterocycles. The van der Waals surface area contributed by atoms with Gasteiger partial charge >= 0.3 is 0 Å². The highest BCUT2D eigenvalue weighted by atomic mass is 127. The van der Waals surface area contributed by atoms with Gasteiger partial charge in [0.15, 0.2) is 0 Å². The average Bonchev–Trinajstić information content (AvgIpc) is 2.19. The summed E-state index contributed by atoms with van der Waals surface area (Å²) in [6.07, 6.45) is 0. The van der Waals surface area contributed by atoms with Gasteiger partial charge < -0.3 is 10.6 Å². The Morgan fingerprint density at radius 2 is 2.19 bits per heavy atom. The topological polar surface area (TPSA) is 41.1 Å². The molecule has 3 nitrogen and oxygen atoms in total. The monoisotopic (exact) mass is 352 g/mol. The Kier molecular flexibility index (Phi) is 5.51. The Bertz CT molecular complexity index is 382. The van der Waals surface area contributed by atoms with Crippen LogP contribution in [0.2, 0.25) is 5.02 Å². The van der Waals surface area contributed by atoms with E-state index in [0.717, 1.165) is 3.57 Å². The fourth-order valence-corrected chi connectivity index (χ4v) is 1.99. The normalized spacial score (nSPS) is 10.6. The molecule has 0 saturated carbocycles. The van der Waals surface area contributed by atoms with Crippen LogP contribution in [0, 0.1) is 3.57 Å². The summed E-state index contributed by atoms with van der Waals surface area (Å²) in [5, 5.41) is 6.36. The van der Waals surface area contributed by atoms with Crippen molar-refractivity contribution in [2.45, 2.75) is 19.9 Å². The predicted octanol–water partition coefficient (Wildman–Crippen LogP) is 2.88. The summed E-state index contributed by atoms with van der Waals surface area (Å²) in [5.41, 5.74) is 0.651. The van der Waals surface area contributed by atoms with Crippen LogP contribution >= 0.6 is 34.2 Å².